The lowest BCUT2D eigenvalue weighted by Crippen LogP contribution is -2.47. The zero-order chi connectivity index (χ0) is 14.8. The van der Waals surface area contributed by atoms with E-state index in [1.807, 2.05) is 19.0 Å². The lowest BCUT2D eigenvalue weighted by Gasteiger charge is -2.25. The highest BCUT2D eigenvalue weighted by Crippen LogP contribution is 1.98. The van der Waals surface area contributed by atoms with Gasteiger partial charge in [-0.05, 0) is 27.9 Å². The quantitative estimate of drug-likeness (QED) is 0.582. The lowest BCUT2D eigenvalue weighted by atomic mass is 10.3. The molecule has 0 spiro atoms. The summed E-state index contributed by atoms with van der Waals surface area (Å²) in [6.45, 7) is 5.46. The predicted octanol–water partition coefficient (Wildman–Crippen LogP) is 0.0692. The fourth-order valence-electron chi connectivity index (χ4n) is 1.32. The molecular formula is C12H25N3O4. The van der Waals surface area contributed by atoms with Gasteiger partial charge in [-0.3, -0.25) is 4.79 Å². The number of likely N-dealkylation sites (N-methyl/N-ethyl adjacent to an activating group) is 1. The molecule has 0 aromatic rings. The molecule has 0 unspecified atom stereocenters. The fourth-order valence-corrected chi connectivity index (χ4v) is 1.32. The van der Waals surface area contributed by atoms with Crippen molar-refractivity contribution in [1.29, 1.82) is 0 Å². The van der Waals surface area contributed by atoms with Crippen molar-refractivity contribution >= 4 is 12.0 Å². The molecule has 0 aliphatic rings. The molecule has 0 saturated carbocycles. The minimum Gasteiger partial charge on any atom is -0.480 e. The monoisotopic (exact) mass is 275 g/mol. The van der Waals surface area contributed by atoms with E-state index < -0.39 is 5.97 Å². The van der Waals surface area contributed by atoms with Crippen molar-refractivity contribution in [3.05, 3.63) is 0 Å². The highest BCUT2D eigenvalue weighted by atomic mass is 16.5. The van der Waals surface area contributed by atoms with Gasteiger partial charge in [0.25, 0.3) is 0 Å². The number of carbonyl (C=O) groups excluding carboxylic acids is 1. The molecule has 0 heterocycles. The predicted molar refractivity (Wildman–Crippen MR) is 72.2 cm³/mol. The average molecular weight is 275 g/mol. The maximum absolute atomic E-state index is 11.7. The number of nitrogens with zero attached hydrogens (tertiary/aromatic N) is 2. The second-order valence-electron chi connectivity index (χ2n) is 4.76. The van der Waals surface area contributed by atoms with E-state index in [0.717, 1.165) is 6.54 Å². The van der Waals surface area contributed by atoms with Crippen LogP contribution in [0, 0.1) is 0 Å². The van der Waals surface area contributed by atoms with Crippen LogP contribution in [-0.4, -0.2) is 79.9 Å². The van der Waals surface area contributed by atoms with Gasteiger partial charge in [-0.2, -0.15) is 0 Å². The van der Waals surface area contributed by atoms with Gasteiger partial charge in [-0.15, -0.1) is 0 Å². The Kier molecular flexibility index (Phi) is 8.90. The van der Waals surface area contributed by atoms with Crippen molar-refractivity contribution in [1.82, 2.24) is 15.1 Å². The van der Waals surface area contributed by atoms with Crippen LogP contribution in [0.3, 0.4) is 0 Å². The maximum Gasteiger partial charge on any atom is 0.323 e. The number of hydrogen-bond donors (Lipinski definition) is 2. The third kappa shape index (κ3) is 9.26. The molecule has 2 amide bonds. The minimum atomic E-state index is -1.02. The summed E-state index contributed by atoms with van der Waals surface area (Å²) in [7, 11) is 3.91. The number of carboxylic acid groups (broad SMARTS) is 1. The smallest absolute Gasteiger partial charge is 0.323 e. The third-order valence-electron chi connectivity index (χ3n) is 2.40. The minimum absolute atomic E-state index is 0.161. The topological polar surface area (TPSA) is 82.1 Å². The number of aliphatic carboxylic acids is 1. The lowest BCUT2D eigenvalue weighted by molar-refractivity contribution is -0.138. The summed E-state index contributed by atoms with van der Waals surface area (Å²) in [5.74, 6) is -1.02. The Labute approximate surface area is 114 Å². The molecule has 0 radical (unpaired) electrons. The molecule has 0 aliphatic heterocycles. The molecule has 2 N–H and O–H groups in total. The summed E-state index contributed by atoms with van der Waals surface area (Å²) in [5.41, 5.74) is 0. The first-order chi connectivity index (χ1) is 8.84. The summed E-state index contributed by atoms with van der Waals surface area (Å²) in [6, 6.07) is -0.542. The van der Waals surface area contributed by atoms with Crippen molar-refractivity contribution in [3.8, 4) is 0 Å². The summed E-state index contributed by atoms with van der Waals surface area (Å²) in [4.78, 5) is 25.7. The first-order valence-electron chi connectivity index (χ1n) is 6.33. The number of carbonyl (C=O) groups is 2. The van der Waals surface area contributed by atoms with Gasteiger partial charge in [0.15, 0.2) is 0 Å². The molecule has 0 atom stereocenters. The van der Waals surface area contributed by atoms with Crippen LogP contribution in [0.2, 0.25) is 0 Å². The van der Waals surface area contributed by atoms with Crippen LogP contribution < -0.4 is 5.32 Å². The Bertz CT molecular complexity index is 282. The standard InChI is InChI=1S/C12H25N3O4/c1-10(2)15(9-11(16)17)12(18)13-5-7-19-8-6-14(3)4/h10H,5-9H2,1-4H3,(H,13,18)(H,16,17). The number of rotatable bonds is 9. The van der Waals surface area contributed by atoms with Gasteiger partial charge in [-0.1, -0.05) is 0 Å². The van der Waals surface area contributed by atoms with Crippen molar-refractivity contribution in [2.24, 2.45) is 0 Å². The second kappa shape index (κ2) is 9.57. The summed E-state index contributed by atoms with van der Waals surface area (Å²) >= 11 is 0. The van der Waals surface area contributed by atoms with Crippen LogP contribution in [-0.2, 0) is 9.53 Å². The van der Waals surface area contributed by atoms with E-state index in [1.54, 1.807) is 13.8 Å². The fraction of sp³-hybridized carbons (Fsp3) is 0.833. The van der Waals surface area contributed by atoms with Gasteiger partial charge in [-0.25, -0.2) is 4.79 Å². The molecule has 19 heavy (non-hydrogen) atoms. The number of hydrogen-bond acceptors (Lipinski definition) is 4. The van der Waals surface area contributed by atoms with E-state index in [4.69, 9.17) is 9.84 Å². The molecule has 0 aromatic carbocycles. The van der Waals surface area contributed by atoms with Crippen molar-refractivity contribution in [3.63, 3.8) is 0 Å². The van der Waals surface area contributed by atoms with Crippen LogP contribution >= 0.6 is 0 Å². The van der Waals surface area contributed by atoms with E-state index in [2.05, 4.69) is 5.32 Å². The molecule has 0 aromatic heterocycles. The maximum atomic E-state index is 11.7. The molecule has 7 heteroatoms. The van der Waals surface area contributed by atoms with E-state index in [1.165, 1.54) is 4.90 Å². The van der Waals surface area contributed by atoms with Crippen molar-refractivity contribution < 1.29 is 19.4 Å². The Morgan fingerprint density at radius 3 is 2.37 bits per heavy atom. The SMILES string of the molecule is CC(C)N(CC(=O)O)C(=O)NCCOCCN(C)C. The van der Waals surface area contributed by atoms with Gasteiger partial charge in [0.1, 0.15) is 6.54 Å². The van der Waals surface area contributed by atoms with Crippen LogP contribution in [0.1, 0.15) is 13.8 Å². The van der Waals surface area contributed by atoms with E-state index in [0.29, 0.717) is 19.8 Å². The molecule has 0 bridgehead atoms. The van der Waals surface area contributed by atoms with Gasteiger partial charge < -0.3 is 25.0 Å². The molecule has 0 rings (SSSR count). The molecule has 0 saturated heterocycles. The molecule has 0 aliphatic carbocycles. The molecule has 0 fully saturated rings. The first-order valence-corrected chi connectivity index (χ1v) is 6.33. The number of ether oxygens (including phenoxy) is 1. The first kappa shape index (κ1) is 17.7. The largest absolute Gasteiger partial charge is 0.480 e. The zero-order valence-corrected chi connectivity index (χ0v) is 12.2. The van der Waals surface area contributed by atoms with E-state index in [9.17, 15) is 9.59 Å². The Morgan fingerprint density at radius 1 is 1.26 bits per heavy atom. The van der Waals surface area contributed by atoms with Crippen LogP contribution in [0.4, 0.5) is 4.79 Å². The average Bonchev–Trinajstić information content (AvgIpc) is 2.29. The third-order valence-corrected chi connectivity index (χ3v) is 2.40. The van der Waals surface area contributed by atoms with Crippen LogP contribution in [0.15, 0.2) is 0 Å². The Morgan fingerprint density at radius 2 is 1.89 bits per heavy atom. The Balaban J connectivity index is 3.84. The number of urea groups is 1. The van der Waals surface area contributed by atoms with Crippen molar-refractivity contribution in [2.45, 2.75) is 19.9 Å². The van der Waals surface area contributed by atoms with Crippen molar-refractivity contribution in [2.75, 3.05) is 46.9 Å². The second-order valence-corrected chi connectivity index (χ2v) is 4.76. The summed E-state index contributed by atoms with van der Waals surface area (Å²) < 4.78 is 5.32. The molecule has 7 nitrogen and oxygen atoms in total. The highest BCUT2D eigenvalue weighted by molar-refractivity contribution is 5.80. The summed E-state index contributed by atoms with van der Waals surface area (Å²) in [5, 5.41) is 11.4. The zero-order valence-electron chi connectivity index (χ0n) is 12.2. The highest BCUT2D eigenvalue weighted by Gasteiger charge is 2.18. The molecular weight excluding hydrogens is 250 g/mol. The van der Waals surface area contributed by atoms with Gasteiger partial charge in [0.05, 0.1) is 13.2 Å². The van der Waals surface area contributed by atoms with Crippen LogP contribution in [0.25, 0.3) is 0 Å². The molecule has 112 valence electrons. The van der Waals surface area contributed by atoms with Gasteiger partial charge >= 0.3 is 12.0 Å². The van der Waals surface area contributed by atoms with Gasteiger partial charge in [0, 0.05) is 19.1 Å². The number of amides is 2. The normalized spacial score (nSPS) is 10.8. The summed E-state index contributed by atoms with van der Waals surface area (Å²) in [6.07, 6.45) is 0. The number of nitrogens with one attached hydrogen (secondary N) is 1. The Hall–Kier alpha value is -1.34. The van der Waals surface area contributed by atoms with E-state index in [-0.39, 0.29) is 18.6 Å². The number of carboxylic acids is 1. The van der Waals surface area contributed by atoms with Gasteiger partial charge in [0.2, 0.25) is 0 Å². The van der Waals surface area contributed by atoms with E-state index >= 15 is 0 Å². The van der Waals surface area contributed by atoms with Crippen LogP contribution in [0.5, 0.6) is 0 Å².